The van der Waals surface area contributed by atoms with Gasteiger partial charge in [-0.05, 0) is 56.5 Å². The molecule has 5 nitrogen and oxygen atoms in total. The quantitative estimate of drug-likeness (QED) is 0.485. The Morgan fingerprint density at radius 1 is 1.04 bits per heavy atom. The maximum absolute atomic E-state index is 12.5. The fourth-order valence-electron chi connectivity index (χ4n) is 2.55. The van der Waals surface area contributed by atoms with Gasteiger partial charge in [0.05, 0.1) is 0 Å². The molecule has 0 radical (unpaired) electrons. The second kappa shape index (κ2) is 11.4. The number of thioether (sulfide) groups is 1. The predicted molar refractivity (Wildman–Crippen MR) is 113 cm³/mol. The SMILES string of the molecule is CSCC[C@@H](NC(=O)c1cccc(C)c1)C(=O)OCCOc1ccc(C)cc1. The number of hydrogen-bond donors (Lipinski definition) is 1. The molecular weight excluding hydrogens is 374 g/mol. The number of aryl methyl sites for hydroxylation is 2. The molecule has 2 aromatic carbocycles. The van der Waals surface area contributed by atoms with Gasteiger partial charge in [-0.2, -0.15) is 11.8 Å². The lowest BCUT2D eigenvalue weighted by atomic mass is 10.1. The van der Waals surface area contributed by atoms with Gasteiger partial charge in [0.25, 0.3) is 5.91 Å². The molecule has 0 saturated carbocycles. The largest absolute Gasteiger partial charge is 0.490 e. The first-order chi connectivity index (χ1) is 13.5. The fourth-order valence-corrected chi connectivity index (χ4v) is 3.02. The summed E-state index contributed by atoms with van der Waals surface area (Å²) in [5.74, 6) is 0.756. The summed E-state index contributed by atoms with van der Waals surface area (Å²) in [6.45, 7) is 4.31. The third kappa shape index (κ3) is 7.27. The topological polar surface area (TPSA) is 64.6 Å². The van der Waals surface area contributed by atoms with Gasteiger partial charge in [-0.1, -0.05) is 35.4 Å². The lowest BCUT2D eigenvalue weighted by Crippen LogP contribution is -2.42. The van der Waals surface area contributed by atoms with Crippen LogP contribution in [0.3, 0.4) is 0 Å². The van der Waals surface area contributed by atoms with Crippen LogP contribution < -0.4 is 10.1 Å². The number of benzene rings is 2. The molecule has 1 amide bonds. The molecule has 28 heavy (non-hydrogen) atoms. The molecule has 0 heterocycles. The highest BCUT2D eigenvalue weighted by Gasteiger charge is 2.22. The van der Waals surface area contributed by atoms with Crippen molar-refractivity contribution in [2.45, 2.75) is 26.3 Å². The van der Waals surface area contributed by atoms with E-state index in [1.165, 1.54) is 0 Å². The van der Waals surface area contributed by atoms with Gasteiger partial charge < -0.3 is 14.8 Å². The average molecular weight is 402 g/mol. The van der Waals surface area contributed by atoms with Gasteiger partial charge in [-0.15, -0.1) is 0 Å². The van der Waals surface area contributed by atoms with Gasteiger partial charge in [-0.25, -0.2) is 4.79 Å². The van der Waals surface area contributed by atoms with Crippen LogP contribution in [-0.4, -0.2) is 43.1 Å². The lowest BCUT2D eigenvalue weighted by molar-refractivity contribution is -0.146. The smallest absolute Gasteiger partial charge is 0.328 e. The zero-order valence-corrected chi connectivity index (χ0v) is 17.4. The fraction of sp³-hybridized carbons (Fsp3) is 0.364. The number of carbonyl (C=O) groups is 2. The number of amides is 1. The Morgan fingerprint density at radius 2 is 1.79 bits per heavy atom. The highest BCUT2D eigenvalue weighted by atomic mass is 32.2. The molecule has 1 N–H and O–H groups in total. The molecule has 0 spiro atoms. The summed E-state index contributed by atoms with van der Waals surface area (Å²) in [5, 5.41) is 2.79. The van der Waals surface area contributed by atoms with Gasteiger partial charge in [0.1, 0.15) is 25.0 Å². The van der Waals surface area contributed by atoms with E-state index in [1.807, 2.05) is 56.5 Å². The maximum atomic E-state index is 12.5. The van der Waals surface area contributed by atoms with E-state index >= 15 is 0 Å². The van der Waals surface area contributed by atoms with Crippen LogP contribution in [0.15, 0.2) is 48.5 Å². The van der Waals surface area contributed by atoms with Crippen LogP contribution in [-0.2, 0) is 9.53 Å². The van der Waals surface area contributed by atoms with Crippen molar-refractivity contribution in [2.24, 2.45) is 0 Å². The molecule has 150 valence electrons. The summed E-state index contributed by atoms with van der Waals surface area (Å²) in [6.07, 6.45) is 2.47. The van der Waals surface area contributed by atoms with Crippen molar-refractivity contribution in [3.05, 3.63) is 65.2 Å². The highest BCUT2D eigenvalue weighted by Crippen LogP contribution is 2.11. The third-order valence-corrected chi connectivity index (χ3v) is 4.74. The maximum Gasteiger partial charge on any atom is 0.328 e. The van der Waals surface area contributed by atoms with Crippen molar-refractivity contribution in [3.8, 4) is 5.75 Å². The van der Waals surface area contributed by atoms with E-state index in [-0.39, 0.29) is 19.1 Å². The Bertz CT molecular complexity index is 776. The van der Waals surface area contributed by atoms with Crippen molar-refractivity contribution in [2.75, 3.05) is 25.2 Å². The zero-order valence-electron chi connectivity index (χ0n) is 16.6. The van der Waals surface area contributed by atoms with Crippen molar-refractivity contribution in [1.29, 1.82) is 0 Å². The minimum atomic E-state index is -0.681. The Kier molecular flexibility index (Phi) is 8.88. The van der Waals surface area contributed by atoms with Crippen LogP contribution in [0.4, 0.5) is 0 Å². The summed E-state index contributed by atoms with van der Waals surface area (Å²) in [5.41, 5.74) is 2.67. The first-order valence-electron chi connectivity index (χ1n) is 9.22. The molecule has 0 saturated heterocycles. The molecule has 0 bridgehead atoms. The van der Waals surface area contributed by atoms with Crippen LogP contribution in [0.1, 0.15) is 27.9 Å². The molecule has 0 aliphatic rings. The van der Waals surface area contributed by atoms with Gasteiger partial charge in [0.2, 0.25) is 0 Å². The molecule has 2 aromatic rings. The summed E-state index contributed by atoms with van der Waals surface area (Å²) in [4.78, 5) is 24.9. The van der Waals surface area contributed by atoms with Crippen LogP contribution in [0.2, 0.25) is 0 Å². The summed E-state index contributed by atoms with van der Waals surface area (Å²) in [6, 6.07) is 14.3. The minimum absolute atomic E-state index is 0.128. The van der Waals surface area contributed by atoms with E-state index in [1.54, 1.807) is 23.9 Å². The molecule has 1 atom stereocenters. The monoisotopic (exact) mass is 401 g/mol. The minimum Gasteiger partial charge on any atom is -0.490 e. The molecule has 0 aliphatic heterocycles. The third-order valence-electron chi connectivity index (χ3n) is 4.10. The van der Waals surface area contributed by atoms with E-state index in [2.05, 4.69) is 5.32 Å². The van der Waals surface area contributed by atoms with E-state index in [0.717, 1.165) is 22.6 Å². The average Bonchev–Trinajstić information content (AvgIpc) is 2.69. The van der Waals surface area contributed by atoms with E-state index in [4.69, 9.17) is 9.47 Å². The second-order valence-corrected chi connectivity index (χ2v) is 7.49. The molecule has 2 rings (SSSR count). The molecule has 0 aliphatic carbocycles. The van der Waals surface area contributed by atoms with E-state index < -0.39 is 12.0 Å². The Balaban J connectivity index is 1.85. The Labute approximate surface area is 170 Å². The summed E-state index contributed by atoms with van der Waals surface area (Å²) < 4.78 is 10.9. The number of ether oxygens (including phenoxy) is 2. The normalized spacial score (nSPS) is 11.5. The Hall–Kier alpha value is -2.47. The first kappa shape index (κ1) is 21.8. The summed E-state index contributed by atoms with van der Waals surface area (Å²) in [7, 11) is 0. The van der Waals surface area contributed by atoms with Crippen molar-refractivity contribution in [1.82, 2.24) is 5.32 Å². The Morgan fingerprint density at radius 3 is 2.46 bits per heavy atom. The van der Waals surface area contributed by atoms with E-state index in [9.17, 15) is 9.59 Å². The lowest BCUT2D eigenvalue weighted by Gasteiger charge is -2.17. The molecular formula is C22H27NO4S. The van der Waals surface area contributed by atoms with E-state index in [0.29, 0.717) is 12.0 Å². The number of nitrogens with one attached hydrogen (secondary N) is 1. The van der Waals surface area contributed by atoms with Crippen LogP contribution in [0.5, 0.6) is 5.75 Å². The van der Waals surface area contributed by atoms with Crippen molar-refractivity contribution < 1.29 is 19.1 Å². The van der Waals surface area contributed by atoms with Crippen LogP contribution in [0, 0.1) is 13.8 Å². The van der Waals surface area contributed by atoms with Gasteiger partial charge in [0, 0.05) is 5.56 Å². The standard InChI is InChI=1S/C22H27NO4S/c1-16-7-9-19(10-8-16)26-12-13-27-22(25)20(11-14-28-3)23-21(24)18-6-4-5-17(2)15-18/h4-10,15,20H,11-14H2,1-3H3,(H,23,24)/t20-/m1/s1. The molecule has 0 fully saturated rings. The zero-order chi connectivity index (χ0) is 20.4. The first-order valence-corrected chi connectivity index (χ1v) is 10.6. The van der Waals surface area contributed by atoms with Crippen LogP contribution in [0.25, 0.3) is 0 Å². The van der Waals surface area contributed by atoms with Gasteiger partial charge >= 0.3 is 5.97 Å². The molecule has 0 aromatic heterocycles. The molecule has 0 unspecified atom stereocenters. The number of rotatable bonds is 10. The second-order valence-electron chi connectivity index (χ2n) is 6.51. The predicted octanol–water partition coefficient (Wildman–Crippen LogP) is 3.78. The number of hydrogen-bond acceptors (Lipinski definition) is 5. The van der Waals surface area contributed by atoms with Gasteiger partial charge in [-0.3, -0.25) is 4.79 Å². The number of esters is 1. The summed E-state index contributed by atoms with van der Waals surface area (Å²) >= 11 is 1.62. The van der Waals surface area contributed by atoms with Crippen molar-refractivity contribution >= 4 is 23.6 Å². The van der Waals surface area contributed by atoms with Crippen molar-refractivity contribution in [3.63, 3.8) is 0 Å². The van der Waals surface area contributed by atoms with Crippen LogP contribution >= 0.6 is 11.8 Å². The highest BCUT2D eigenvalue weighted by molar-refractivity contribution is 7.98. The molecule has 6 heteroatoms. The number of carbonyl (C=O) groups excluding carboxylic acids is 2. The van der Waals surface area contributed by atoms with Gasteiger partial charge in [0.15, 0.2) is 0 Å².